The fourth-order valence-corrected chi connectivity index (χ4v) is 3.40. The van der Waals surface area contributed by atoms with E-state index in [9.17, 15) is 4.79 Å². The van der Waals surface area contributed by atoms with Gasteiger partial charge in [-0.3, -0.25) is 4.79 Å². The molecule has 144 valence electrons. The topological polar surface area (TPSA) is 58.4 Å². The molecule has 0 bridgehead atoms. The number of hydrogen-bond donors (Lipinski definition) is 2. The quantitative estimate of drug-likeness (QED) is 0.359. The van der Waals surface area contributed by atoms with Crippen LogP contribution in [0.25, 0.3) is 5.69 Å². The number of aryl methyl sites for hydroxylation is 1. The van der Waals surface area contributed by atoms with Gasteiger partial charge in [-0.2, -0.15) is 5.10 Å². The molecule has 0 fully saturated rings. The van der Waals surface area contributed by atoms with E-state index in [-0.39, 0.29) is 12.5 Å². The van der Waals surface area contributed by atoms with Crippen molar-refractivity contribution in [1.82, 2.24) is 9.99 Å². The van der Waals surface area contributed by atoms with Crippen LogP contribution < -0.4 is 10.7 Å². The Morgan fingerprint density at radius 2 is 1.64 bits per heavy atom. The molecule has 0 radical (unpaired) electrons. The van der Waals surface area contributed by atoms with Crippen LogP contribution in [-0.4, -0.2) is 23.2 Å². The molecule has 0 unspecified atom stereocenters. The SMILES string of the molecule is Cc1cc(C=NNC(=O)CNc2ccc(Br)cc2)c(C)n1-c1ccc(Br)cc1. The summed E-state index contributed by atoms with van der Waals surface area (Å²) in [5.74, 6) is -0.208. The molecule has 28 heavy (non-hydrogen) atoms. The van der Waals surface area contributed by atoms with E-state index < -0.39 is 0 Å². The number of carbonyl (C=O) groups is 1. The highest BCUT2D eigenvalue weighted by molar-refractivity contribution is 9.10. The van der Waals surface area contributed by atoms with Crippen molar-refractivity contribution in [3.63, 3.8) is 0 Å². The van der Waals surface area contributed by atoms with Crippen LogP contribution in [0.15, 0.2) is 68.6 Å². The van der Waals surface area contributed by atoms with E-state index in [1.165, 1.54) is 0 Å². The van der Waals surface area contributed by atoms with Crippen molar-refractivity contribution >= 4 is 49.7 Å². The number of rotatable bonds is 6. The highest BCUT2D eigenvalue weighted by atomic mass is 79.9. The zero-order valence-corrected chi connectivity index (χ0v) is 18.7. The minimum absolute atomic E-state index is 0.150. The minimum Gasteiger partial charge on any atom is -0.376 e. The highest BCUT2D eigenvalue weighted by Crippen LogP contribution is 2.21. The van der Waals surface area contributed by atoms with E-state index in [4.69, 9.17) is 0 Å². The summed E-state index contributed by atoms with van der Waals surface area (Å²) < 4.78 is 4.19. The van der Waals surface area contributed by atoms with Gasteiger partial charge in [-0.25, -0.2) is 5.43 Å². The number of hydrogen-bond acceptors (Lipinski definition) is 3. The van der Waals surface area contributed by atoms with Gasteiger partial charge in [0.25, 0.3) is 5.91 Å². The molecule has 0 saturated carbocycles. The van der Waals surface area contributed by atoms with E-state index in [1.54, 1.807) is 6.21 Å². The second kappa shape index (κ2) is 9.21. The van der Waals surface area contributed by atoms with Crippen LogP contribution in [-0.2, 0) is 4.79 Å². The van der Waals surface area contributed by atoms with Crippen LogP contribution in [0.3, 0.4) is 0 Å². The Bertz CT molecular complexity index is 992. The fourth-order valence-electron chi connectivity index (χ4n) is 2.87. The lowest BCUT2D eigenvalue weighted by Crippen LogP contribution is -2.25. The van der Waals surface area contributed by atoms with E-state index in [0.29, 0.717) is 0 Å². The molecule has 1 amide bonds. The Hall–Kier alpha value is -2.38. The molecule has 7 heteroatoms. The number of anilines is 1. The van der Waals surface area contributed by atoms with Gasteiger partial charge in [-0.05, 0) is 68.4 Å². The van der Waals surface area contributed by atoms with Crippen molar-refractivity contribution in [2.75, 3.05) is 11.9 Å². The number of hydrazone groups is 1. The molecule has 0 aliphatic carbocycles. The van der Waals surface area contributed by atoms with Crippen LogP contribution in [0, 0.1) is 13.8 Å². The number of nitrogens with one attached hydrogen (secondary N) is 2. The Balaban J connectivity index is 1.61. The zero-order chi connectivity index (χ0) is 20.1. The summed E-state index contributed by atoms with van der Waals surface area (Å²) >= 11 is 6.84. The first kappa shape index (κ1) is 20.4. The lowest BCUT2D eigenvalue weighted by Gasteiger charge is -2.09. The molecule has 3 rings (SSSR count). The average molecular weight is 504 g/mol. The fraction of sp³-hybridized carbons (Fsp3) is 0.143. The first-order chi connectivity index (χ1) is 13.4. The lowest BCUT2D eigenvalue weighted by molar-refractivity contribution is -0.119. The first-order valence-corrected chi connectivity index (χ1v) is 10.3. The maximum absolute atomic E-state index is 12.0. The summed E-state index contributed by atoms with van der Waals surface area (Å²) in [6.45, 7) is 4.23. The molecule has 0 saturated heterocycles. The molecule has 2 N–H and O–H groups in total. The summed E-state index contributed by atoms with van der Waals surface area (Å²) in [6.07, 6.45) is 1.68. The second-order valence-corrected chi connectivity index (χ2v) is 8.12. The van der Waals surface area contributed by atoms with Gasteiger partial charge >= 0.3 is 0 Å². The molecule has 0 aliphatic rings. The molecule has 0 atom stereocenters. The zero-order valence-electron chi connectivity index (χ0n) is 15.5. The number of carbonyl (C=O) groups excluding carboxylic acids is 1. The van der Waals surface area contributed by atoms with Crippen LogP contribution in [0.1, 0.15) is 17.0 Å². The summed E-state index contributed by atoms with van der Waals surface area (Å²) in [5.41, 5.74) is 7.64. The van der Waals surface area contributed by atoms with Crippen LogP contribution in [0.5, 0.6) is 0 Å². The van der Waals surface area contributed by atoms with E-state index in [1.807, 2.05) is 56.3 Å². The Labute approximate surface area is 181 Å². The molecule has 3 aromatic rings. The van der Waals surface area contributed by atoms with Crippen LogP contribution in [0.2, 0.25) is 0 Å². The molecule has 1 heterocycles. The molecule has 5 nitrogen and oxygen atoms in total. The van der Waals surface area contributed by atoms with E-state index in [0.717, 1.165) is 37.3 Å². The van der Waals surface area contributed by atoms with Gasteiger partial charge in [0.05, 0.1) is 12.8 Å². The summed E-state index contributed by atoms with van der Waals surface area (Å²) in [4.78, 5) is 12.0. The third-order valence-electron chi connectivity index (χ3n) is 4.25. The number of amides is 1. The molecule has 1 aromatic heterocycles. The Morgan fingerprint density at radius 1 is 1.04 bits per heavy atom. The summed E-state index contributed by atoms with van der Waals surface area (Å²) in [7, 11) is 0. The van der Waals surface area contributed by atoms with Crippen molar-refractivity contribution in [1.29, 1.82) is 0 Å². The molecule has 0 aliphatic heterocycles. The number of halogens is 2. The standard InChI is InChI=1S/C21H20Br2N4O/c1-14-11-16(15(2)27(14)20-9-5-18(23)6-10-20)12-25-26-21(28)13-24-19-7-3-17(22)4-8-19/h3-12,24H,13H2,1-2H3,(H,26,28). The third-order valence-corrected chi connectivity index (χ3v) is 5.30. The van der Waals surface area contributed by atoms with Gasteiger partial charge in [0.15, 0.2) is 0 Å². The van der Waals surface area contributed by atoms with Crippen molar-refractivity contribution in [3.8, 4) is 5.69 Å². The van der Waals surface area contributed by atoms with Crippen molar-refractivity contribution < 1.29 is 4.79 Å². The van der Waals surface area contributed by atoms with Gasteiger partial charge in [0, 0.05) is 37.3 Å². The summed E-state index contributed by atoms with van der Waals surface area (Å²) in [5, 5.41) is 7.15. The maximum atomic E-state index is 12.0. The Kier molecular flexibility index (Phi) is 6.70. The molecule has 0 spiro atoms. The van der Waals surface area contributed by atoms with Crippen molar-refractivity contribution in [2.24, 2.45) is 5.10 Å². The lowest BCUT2D eigenvalue weighted by atomic mass is 10.2. The van der Waals surface area contributed by atoms with Gasteiger partial charge in [0.1, 0.15) is 0 Å². The van der Waals surface area contributed by atoms with Crippen LogP contribution >= 0.6 is 31.9 Å². The normalized spacial score (nSPS) is 11.0. The van der Waals surface area contributed by atoms with E-state index >= 15 is 0 Å². The molecular weight excluding hydrogens is 484 g/mol. The number of nitrogens with zero attached hydrogens (tertiary/aromatic N) is 2. The number of benzene rings is 2. The predicted octanol–water partition coefficient (Wildman–Crippen LogP) is 5.18. The van der Waals surface area contributed by atoms with Crippen LogP contribution in [0.4, 0.5) is 5.69 Å². The third kappa shape index (κ3) is 5.11. The van der Waals surface area contributed by atoms with Gasteiger partial charge in [0.2, 0.25) is 0 Å². The first-order valence-electron chi connectivity index (χ1n) is 8.70. The monoisotopic (exact) mass is 502 g/mol. The summed E-state index contributed by atoms with van der Waals surface area (Å²) in [6, 6.07) is 17.8. The maximum Gasteiger partial charge on any atom is 0.259 e. The van der Waals surface area contributed by atoms with Crippen molar-refractivity contribution in [2.45, 2.75) is 13.8 Å². The molecular formula is C21H20Br2N4O. The van der Waals surface area contributed by atoms with Gasteiger partial charge in [-0.15, -0.1) is 0 Å². The van der Waals surface area contributed by atoms with Crippen molar-refractivity contribution in [3.05, 3.63) is 80.5 Å². The largest absolute Gasteiger partial charge is 0.376 e. The average Bonchev–Trinajstić information content (AvgIpc) is 2.96. The smallest absolute Gasteiger partial charge is 0.259 e. The van der Waals surface area contributed by atoms with Gasteiger partial charge < -0.3 is 9.88 Å². The Morgan fingerprint density at radius 3 is 2.29 bits per heavy atom. The van der Waals surface area contributed by atoms with Gasteiger partial charge in [-0.1, -0.05) is 31.9 Å². The van der Waals surface area contributed by atoms with E-state index in [2.05, 4.69) is 64.4 Å². The highest BCUT2D eigenvalue weighted by Gasteiger charge is 2.09. The minimum atomic E-state index is -0.208. The second-order valence-electron chi connectivity index (χ2n) is 6.29. The number of aromatic nitrogens is 1. The predicted molar refractivity (Wildman–Crippen MR) is 121 cm³/mol. The molecule has 2 aromatic carbocycles.